The summed E-state index contributed by atoms with van der Waals surface area (Å²) < 4.78 is 0. The fourth-order valence-electron chi connectivity index (χ4n) is 3.93. The second-order valence-electron chi connectivity index (χ2n) is 7.64. The van der Waals surface area contributed by atoms with Crippen LogP contribution in [-0.2, 0) is 0 Å². The molecule has 2 radical (unpaired) electrons. The number of benzene rings is 2. The lowest BCUT2D eigenvalue weighted by molar-refractivity contribution is 0.255. The molecule has 1 aliphatic heterocycles. The quantitative estimate of drug-likeness (QED) is 0.686. The molecule has 0 saturated carbocycles. The van der Waals surface area contributed by atoms with E-state index in [0.717, 1.165) is 29.5 Å². The molecule has 2 heterocycles. The zero-order chi connectivity index (χ0) is 19.7. The van der Waals surface area contributed by atoms with Gasteiger partial charge in [-0.15, -0.1) is 0 Å². The molecule has 0 spiro atoms. The molecule has 0 amide bonds. The highest BCUT2D eigenvalue weighted by atomic mass is 16.1. The van der Waals surface area contributed by atoms with Gasteiger partial charge in [0.05, 0.1) is 5.22 Å². The lowest BCUT2D eigenvalue weighted by Gasteiger charge is -2.29. The summed E-state index contributed by atoms with van der Waals surface area (Å²) in [6, 6.07) is 14.0. The molecule has 140 valence electrons. The van der Waals surface area contributed by atoms with Crippen molar-refractivity contribution in [2.45, 2.75) is 18.8 Å². The molecule has 1 aromatic heterocycles. The van der Waals surface area contributed by atoms with Crippen LogP contribution in [0.4, 0.5) is 5.69 Å². The Morgan fingerprint density at radius 1 is 1.14 bits per heavy atom. The van der Waals surface area contributed by atoms with E-state index in [9.17, 15) is 4.79 Å². The highest BCUT2D eigenvalue weighted by molar-refractivity contribution is 6.33. The molecule has 2 aromatic carbocycles. The van der Waals surface area contributed by atoms with E-state index in [0.29, 0.717) is 21.9 Å². The number of aromatic amines is 1. The standard InChI is InChI=1S/C23H24BN3O/c1-15-20-8-5-18(24)13-21(20)22(23(28)26-15)14-25-19-6-3-16(4-7-19)17-9-11-27(2)12-10-17/h3-8,13-14,17,25H,1,9-12H2,2H3,(H,26,28)/b22-14-. The number of piperidine rings is 1. The number of nitrogens with zero attached hydrogens (tertiary/aromatic N) is 1. The van der Waals surface area contributed by atoms with Crippen molar-refractivity contribution < 1.29 is 0 Å². The van der Waals surface area contributed by atoms with Gasteiger partial charge in [0.15, 0.2) is 0 Å². The van der Waals surface area contributed by atoms with Gasteiger partial charge in [-0.1, -0.05) is 42.4 Å². The summed E-state index contributed by atoms with van der Waals surface area (Å²) in [6.45, 7) is 6.23. The third kappa shape index (κ3) is 3.76. The maximum Gasteiger partial charge on any atom is 0.257 e. The summed E-state index contributed by atoms with van der Waals surface area (Å²) in [7, 11) is 8.11. The maximum absolute atomic E-state index is 12.5. The molecule has 1 saturated heterocycles. The van der Waals surface area contributed by atoms with Crippen LogP contribution in [0.15, 0.2) is 47.3 Å². The fourth-order valence-corrected chi connectivity index (χ4v) is 3.93. The Labute approximate surface area is 166 Å². The third-order valence-electron chi connectivity index (χ3n) is 5.65. The second kappa shape index (κ2) is 7.68. The fraction of sp³-hybridized carbons (Fsp3) is 0.261. The van der Waals surface area contributed by atoms with Crippen molar-refractivity contribution in [1.82, 2.24) is 9.88 Å². The van der Waals surface area contributed by atoms with Crippen molar-refractivity contribution in [3.8, 4) is 0 Å². The molecular weight excluding hydrogens is 345 g/mol. The number of H-pyrrole nitrogens is 1. The van der Waals surface area contributed by atoms with Crippen molar-refractivity contribution in [3.05, 3.63) is 68.9 Å². The Morgan fingerprint density at radius 3 is 2.57 bits per heavy atom. The molecule has 0 aliphatic carbocycles. The average molecular weight is 369 g/mol. The minimum absolute atomic E-state index is 0.182. The van der Waals surface area contributed by atoms with Gasteiger partial charge in [-0.05, 0) is 62.0 Å². The van der Waals surface area contributed by atoms with E-state index >= 15 is 0 Å². The van der Waals surface area contributed by atoms with E-state index in [1.54, 1.807) is 6.20 Å². The Hall–Kier alpha value is -2.79. The first-order valence-electron chi connectivity index (χ1n) is 9.67. The van der Waals surface area contributed by atoms with Crippen molar-refractivity contribution >= 4 is 42.5 Å². The van der Waals surface area contributed by atoms with E-state index < -0.39 is 0 Å². The minimum Gasteiger partial charge on any atom is -0.361 e. The van der Waals surface area contributed by atoms with Gasteiger partial charge < -0.3 is 15.2 Å². The van der Waals surface area contributed by atoms with Gasteiger partial charge in [0.1, 0.15) is 7.85 Å². The molecule has 0 bridgehead atoms. The molecule has 1 aliphatic rings. The van der Waals surface area contributed by atoms with Gasteiger partial charge in [-0.2, -0.15) is 0 Å². The maximum atomic E-state index is 12.5. The van der Waals surface area contributed by atoms with Crippen LogP contribution in [0.2, 0.25) is 0 Å². The molecular formula is C23H24BN3O. The second-order valence-corrected chi connectivity index (χ2v) is 7.64. The summed E-state index contributed by atoms with van der Waals surface area (Å²) in [4.78, 5) is 17.7. The number of fused-ring (bicyclic) bond motifs is 1. The van der Waals surface area contributed by atoms with Crippen molar-refractivity contribution in [2.24, 2.45) is 0 Å². The molecule has 0 atom stereocenters. The third-order valence-corrected chi connectivity index (χ3v) is 5.65. The molecule has 3 aromatic rings. The van der Waals surface area contributed by atoms with Crippen LogP contribution in [0.25, 0.3) is 23.6 Å². The Balaban J connectivity index is 1.62. The average Bonchev–Trinajstić information content (AvgIpc) is 2.68. The number of rotatable bonds is 3. The van der Waals surface area contributed by atoms with Crippen molar-refractivity contribution in [3.63, 3.8) is 0 Å². The zero-order valence-electron chi connectivity index (χ0n) is 16.2. The number of likely N-dealkylation sites (tertiary alicyclic amines) is 1. The highest BCUT2D eigenvalue weighted by Crippen LogP contribution is 2.28. The van der Waals surface area contributed by atoms with Gasteiger partial charge in [0, 0.05) is 22.6 Å². The van der Waals surface area contributed by atoms with Gasteiger partial charge in [-0.25, -0.2) is 0 Å². The molecule has 28 heavy (non-hydrogen) atoms. The van der Waals surface area contributed by atoms with Crippen LogP contribution in [0.1, 0.15) is 24.3 Å². The normalized spacial score (nSPS) is 16.5. The summed E-state index contributed by atoms with van der Waals surface area (Å²) >= 11 is 0. The van der Waals surface area contributed by atoms with Crippen LogP contribution in [0, 0.1) is 0 Å². The predicted molar refractivity (Wildman–Crippen MR) is 119 cm³/mol. The Morgan fingerprint density at radius 2 is 1.86 bits per heavy atom. The number of hydrogen-bond acceptors (Lipinski definition) is 3. The number of nitrogens with one attached hydrogen (secondary N) is 2. The van der Waals surface area contributed by atoms with E-state index in [1.165, 1.54) is 18.4 Å². The topological polar surface area (TPSA) is 48.1 Å². The first-order valence-corrected chi connectivity index (χ1v) is 9.67. The molecule has 4 nitrogen and oxygen atoms in total. The van der Waals surface area contributed by atoms with E-state index in [1.807, 2.05) is 18.2 Å². The molecule has 0 unspecified atom stereocenters. The van der Waals surface area contributed by atoms with E-state index in [2.05, 4.69) is 53.1 Å². The lowest BCUT2D eigenvalue weighted by atomic mass is 9.89. The van der Waals surface area contributed by atoms with Crippen LogP contribution < -0.4 is 26.9 Å². The van der Waals surface area contributed by atoms with Gasteiger partial charge in [0.25, 0.3) is 5.56 Å². The summed E-state index contributed by atoms with van der Waals surface area (Å²) in [6.07, 6.45) is 4.15. The molecule has 1 fully saturated rings. The lowest BCUT2D eigenvalue weighted by Crippen LogP contribution is -2.35. The van der Waals surface area contributed by atoms with Crippen molar-refractivity contribution in [1.29, 1.82) is 0 Å². The zero-order valence-corrected chi connectivity index (χ0v) is 16.2. The summed E-state index contributed by atoms with van der Waals surface area (Å²) in [5, 5.41) is 6.09. The Bertz CT molecular complexity index is 1160. The minimum atomic E-state index is -0.182. The number of pyridine rings is 1. The van der Waals surface area contributed by atoms with Crippen LogP contribution in [0.5, 0.6) is 0 Å². The number of anilines is 1. The monoisotopic (exact) mass is 369 g/mol. The largest absolute Gasteiger partial charge is 0.361 e. The SMILES string of the molecule is [B]c1ccc2c(=C)[nH]c(=O)/c(=C\Nc3ccc(C4CCN(C)CC4)cc3)c2c1. The highest BCUT2D eigenvalue weighted by Gasteiger charge is 2.17. The van der Waals surface area contributed by atoms with Gasteiger partial charge in [0.2, 0.25) is 0 Å². The first kappa shape index (κ1) is 18.6. The summed E-state index contributed by atoms with van der Waals surface area (Å²) in [5.41, 5.74) is 2.77. The van der Waals surface area contributed by atoms with Crippen LogP contribution in [-0.4, -0.2) is 37.9 Å². The predicted octanol–water partition coefficient (Wildman–Crippen LogP) is 1.39. The van der Waals surface area contributed by atoms with Gasteiger partial charge in [-0.3, -0.25) is 4.79 Å². The van der Waals surface area contributed by atoms with Gasteiger partial charge >= 0.3 is 0 Å². The van der Waals surface area contributed by atoms with E-state index in [-0.39, 0.29) is 5.56 Å². The smallest absolute Gasteiger partial charge is 0.257 e. The van der Waals surface area contributed by atoms with E-state index in [4.69, 9.17) is 7.85 Å². The van der Waals surface area contributed by atoms with Crippen LogP contribution >= 0.6 is 0 Å². The molecule has 4 rings (SSSR count). The Kier molecular flexibility index (Phi) is 5.10. The molecule has 5 heteroatoms. The first-order chi connectivity index (χ1) is 13.5. The number of aromatic nitrogens is 1. The van der Waals surface area contributed by atoms with Crippen molar-refractivity contribution in [2.75, 3.05) is 25.5 Å². The molecule has 2 N–H and O–H groups in total. The summed E-state index contributed by atoms with van der Waals surface area (Å²) in [5.74, 6) is 0.633. The number of hydrogen-bond donors (Lipinski definition) is 2. The van der Waals surface area contributed by atoms with Crippen LogP contribution in [0.3, 0.4) is 0 Å².